The Morgan fingerprint density at radius 1 is 0.750 bits per heavy atom. The maximum Gasteiger partial charge on any atom is 0.179 e. The highest BCUT2D eigenvalue weighted by atomic mass is 32.1. The molecule has 28 heavy (non-hydrogen) atoms. The molecule has 1 aliphatic rings. The standard InChI is InChI=1S/C25H19NOS/c1-26-22-12-6-4-10-20(22)24(21-11-5-7-13-23(21)26)25(28)27-19-15-14-17-8-2-3-9-18(17)16-19/h2-16,24H,1H3. The van der Waals surface area contributed by atoms with Crippen molar-refractivity contribution < 1.29 is 4.74 Å². The Hall–Kier alpha value is -3.17. The highest BCUT2D eigenvalue weighted by Crippen LogP contribution is 2.45. The van der Waals surface area contributed by atoms with Gasteiger partial charge in [-0.25, -0.2) is 0 Å². The number of anilines is 2. The summed E-state index contributed by atoms with van der Waals surface area (Å²) in [5, 5.41) is 2.91. The zero-order valence-corrected chi connectivity index (χ0v) is 16.3. The summed E-state index contributed by atoms with van der Waals surface area (Å²) < 4.78 is 6.22. The Labute approximate surface area is 170 Å². The fourth-order valence-corrected chi connectivity index (χ4v) is 4.38. The largest absolute Gasteiger partial charge is 0.449 e. The average molecular weight is 382 g/mol. The van der Waals surface area contributed by atoms with Crippen LogP contribution in [0.2, 0.25) is 0 Å². The van der Waals surface area contributed by atoms with Gasteiger partial charge in [-0.05, 0) is 58.4 Å². The van der Waals surface area contributed by atoms with Crippen LogP contribution in [0, 0.1) is 0 Å². The third-order valence-electron chi connectivity index (χ3n) is 5.39. The molecule has 0 atom stereocenters. The second-order valence-electron chi connectivity index (χ2n) is 7.04. The Bertz CT molecular complexity index is 1150. The lowest BCUT2D eigenvalue weighted by atomic mass is 9.85. The monoisotopic (exact) mass is 381 g/mol. The second-order valence-corrected chi connectivity index (χ2v) is 7.44. The van der Waals surface area contributed by atoms with Gasteiger partial charge >= 0.3 is 0 Å². The summed E-state index contributed by atoms with van der Waals surface area (Å²) in [6, 6.07) is 31.2. The molecule has 2 nitrogen and oxygen atoms in total. The topological polar surface area (TPSA) is 12.5 Å². The van der Waals surface area contributed by atoms with Gasteiger partial charge < -0.3 is 9.64 Å². The zero-order chi connectivity index (χ0) is 19.1. The molecule has 4 aromatic carbocycles. The predicted molar refractivity (Wildman–Crippen MR) is 120 cm³/mol. The molecule has 0 amide bonds. The molecule has 0 aromatic heterocycles. The van der Waals surface area contributed by atoms with E-state index in [0.717, 1.165) is 22.5 Å². The number of fused-ring (bicyclic) bond motifs is 3. The second kappa shape index (κ2) is 6.77. The van der Waals surface area contributed by atoms with Crippen molar-refractivity contribution in [1.29, 1.82) is 0 Å². The van der Waals surface area contributed by atoms with Gasteiger partial charge in [0.05, 0.1) is 5.92 Å². The van der Waals surface area contributed by atoms with Crippen molar-refractivity contribution in [2.24, 2.45) is 0 Å². The molecule has 0 unspecified atom stereocenters. The van der Waals surface area contributed by atoms with E-state index in [2.05, 4.69) is 78.7 Å². The number of ether oxygens (including phenoxy) is 1. The minimum atomic E-state index is -0.0786. The summed E-state index contributed by atoms with van der Waals surface area (Å²) in [6.07, 6.45) is 0. The van der Waals surface area contributed by atoms with E-state index in [4.69, 9.17) is 17.0 Å². The number of thiocarbonyl (C=S) groups is 1. The summed E-state index contributed by atoms with van der Waals surface area (Å²) in [5.74, 6) is 0.697. The van der Waals surface area contributed by atoms with Gasteiger partial charge in [-0.15, -0.1) is 0 Å². The van der Waals surface area contributed by atoms with Crippen LogP contribution in [0.5, 0.6) is 5.75 Å². The van der Waals surface area contributed by atoms with Crippen LogP contribution in [-0.2, 0) is 0 Å². The molecule has 4 aromatic rings. The minimum Gasteiger partial charge on any atom is -0.449 e. The van der Waals surface area contributed by atoms with Gasteiger partial charge in [-0.3, -0.25) is 0 Å². The van der Waals surface area contributed by atoms with E-state index >= 15 is 0 Å². The summed E-state index contributed by atoms with van der Waals surface area (Å²) in [7, 11) is 2.10. The smallest absolute Gasteiger partial charge is 0.179 e. The molecule has 0 radical (unpaired) electrons. The number of para-hydroxylation sites is 2. The van der Waals surface area contributed by atoms with Crippen LogP contribution < -0.4 is 9.64 Å². The minimum absolute atomic E-state index is 0.0786. The molecule has 0 saturated carbocycles. The Kier molecular flexibility index (Phi) is 4.10. The van der Waals surface area contributed by atoms with Gasteiger partial charge in [0.2, 0.25) is 0 Å². The van der Waals surface area contributed by atoms with E-state index in [0.29, 0.717) is 5.05 Å². The summed E-state index contributed by atoms with van der Waals surface area (Å²) in [5.41, 5.74) is 4.68. The molecule has 1 heterocycles. The molecule has 136 valence electrons. The van der Waals surface area contributed by atoms with Crippen LogP contribution in [0.3, 0.4) is 0 Å². The van der Waals surface area contributed by atoms with Crippen molar-refractivity contribution in [1.82, 2.24) is 0 Å². The molecule has 0 N–H and O–H groups in total. The number of rotatable bonds is 2. The Balaban J connectivity index is 1.56. The Morgan fingerprint density at radius 3 is 2.00 bits per heavy atom. The lowest BCUT2D eigenvalue weighted by molar-refractivity contribution is 0.544. The first kappa shape index (κ1) is 17.0. The van der Waals surface area contributed by atoms with Crippen LogP contribution >= 0.6 is 12.2 Å². The molecule has 0 spiro atoms. The van der Waals surface area contributed by atoms with E-state index in [1.165, 1.54) is 16.5 Å². The molecule has 1 aliphatic heterocycles. The number of hydrogen-bond acceptors (Lipinski definition) is 3. The van der Waals surface area contributed by atoms with Crippen molar-refractivity contribution in [3.63, 3.8) is 0 Å². The molecule has 3 heteroatoms. The number of benzene rings is 4. The normalized spacial score (nSPS) is 13.1. The summed E-state index contributed by atoms with van der Waals surface area (Å²) in [6.45, 7) is 0. The van der Waals surface area contributed by atoms with Crippen LogP contribution in [0.25, 0.3) is 10.8 Å². The van der Waals surface area contributed by atoms with Gasteiger partial charge in [-0.2, -0.15) is 0 Å². The van der Waals surface area contributed by atoms with E-state index < -0.39 is 0 Å². The summed E-state index contributed by atoms with van der Waals surface area (Å²) >= 11 is 5.83. The first-order valence-corrected chi connectivity index (χ1v) is 9.75. The van der Waals surface area contributed by atoms with Gasteiger partial charge in [0.25, 0.3) is 0 Å². The molecule has 0 saturated heterocycles. The van der Waals surface area contributed by atoms with E-state index in [1.807, 2.05) is 24.3 Å². The maximum absolute atomic E-state index is 6.22. The zero-order valence-electron chi connectivity index (χ0n) is 15.5. The van der Waals surface area contributed by atoms with Crippen molar-refractivity contribution in [3.05, 3.63) is 102 Å². The Morgan fingerprint density at radius 2 is 1.32 bits per heavy atom. The molecule has 0 fully saturated rings. The van der Waals surface area contributed by atoms with E-state index in [1.54, 1.807) is 0 Å². The van der Waals surface area contributed by atoms with Gasteiger partial charge in [0.1, 0.15) is 5.75 Å². The quantitative estimate of drug-likeness (QED) is 0.370. The molecular formula is C25H19NOS. The summed E-state index contributed by atoms with van der Waals surface area (Å²) in [4.78, 5) is 2.22. The number of hydrogen-bond donors (Lipinski definition) is 0. The highest BCUT2D eigenvalue weighted by Gasteiger charge is 2.32. The SMILES string of the molecule is CN1c2ccccc2C(C(=S)Oc2ccc3ccccc3c2)c2ccccc21. The lowest BCUT2D eigenvalue weighted by Crippen LogP contribution is -2.27. The van der Waals surface area contributed by atoms with Gasteiger partial charge in [-0.1, -0.05) is 66.7 Å². The maximum atomic E-state index is 6.22. The van der Waals surface area contributed by atoms with Crippen molar-refractivity contribution in [2.45, 2.75) is 5.92 Å². The molecular weight excluding hydrogens is 362 g/mol. The van der Waals surface area contributed by atoms with Gasteiger partial charge in [0, 0.05) is 18.4 Å². The van der Waals surface area contributed by atoms with Crippen LogP contribution in [0.4, 0.5) is 11.4 Å². The van der Waals surface area contributed by atoms with Crippen molar-refractivity contribution in [2.75, 3.05) is 11.9 Å². The predicted octanol–water partition coefficient (Wildman–Crippen LogP) is 6.46. The molecule has 0 aliphatic carbocycles. The highest BCUT2D eigenvalue weighted by molar-refractivity contribution is 7.80. The van der Waals surface area contributed by atoms with Gasteiger partial charge in [0.15, 0.2) is 5.05 Å². The molecule has 5 rings (SSSR count). The van der Waals surface area contributed by atoms with E-state index in [9.17, 15) is 0 Å². The lowest BCUT2D eigenvalue weighted by Gasteiger charge is -2.35. The van der Waals surface area contributed by atoms with Crippen molar-refractivity contribution >= 4 is 39.4 Å². The van der Waals surface area contributed by atoms with Crippen molar-refractivity contribution in [3.8, 4) is 5.75 Å². The third kappa shape index (κ3) is 2.76. The third-order valence-corrected chi connectivity index (χ3v) is 5.71. The van der Waals surface area contributed by atoms with Crippen LogP contribution in [-0.4, -0.2) is 12.1 Å². The van der Waals surface area contributed by atoms with Crippen LogP contribution in [0.1, 0.15) is 17.0 Å². The molecule has 0 bridgehead atoms. The number of nitrogens with zero attached hydrogens (tertiary/aromatic N) is 1. The fraction of sp³-hybridized carbons (Fsp3) is 0.0800. The van der Waals surface area contributed by atoms with E-state index in [-0.39, 0.29) is 5.92 Å². The fourth-order valence-electron chi connectivity index (χ4n) is 4.03. The van der Waals surface area contributed by atoms with Crippen LogP contribution in [0.15, 0.2) is 91.0 Å². The first-order valence-electron chi connectivity index (χ1n) is 9.34. The average Bonchev–Trinajstić information content (AvgIpc) is 2.74. The first-order chi connectivity index (χ1) is 13.7.